The number of nitrogens with two attached hydrogens (primary N) is 1. The molecule has 1 aromatic carbocycles. The lowest BCUT2D eigenvalue weighted by Crippen LogP contribution is -1.93. The van der Waals surface area contributed by atoms with Gasteiger partial charge in [-0.1, -0.05) is 30.6 Å². The Morgan fingerprint density at radius 1 is 1.22 bits per heavy atom. The van der Waals surface area contributed by atoms with Crippen molar-refractivity contribution in [2.75, 3.05) is 12.3 Å². The van der Waals surface area contributed by atoms with Crippen molar-refractivity contribution < 1.29 is 9.26 Å². The molecule has 0 aliphatic heterocycles. The number of hydrogen-bond acceptors (Lipinski definition) is 4. The molecule has 4 heteroatoms. The summed E-state index contributed by atoms with van der Waals surface area (Å²) >= 11 is 0. The summed E-state index contributed by atoms with van der Waals surface area (Å²) in [4.78, 5) is 0. The number of nitrogens with zero attached hydrogens (tertiary/aromatic N) is 1. The standard InChI is InChI=1S/C14H18N2O2/c1-3-5-12-13(14(15)18-16-12)10-6-8-11(9-7-10)17-4-2/h6-9H,3-5,15H2,1-2H3. The molecule has 0 saturated carbocycles. The van der Waals surface area contributed by atoms with Gasteiger partial charge in [0.1, 0.15) is 5.75 Å². The van der Waals surface area contributed by atoms with Crippen molar-refractivity contribution in [3.05, 3.63) is 30.0 Å². The molecule has 0 aliphatic carbocycles. The maximum Gasteiger partial charge on any atom is 0.230 e. The van der Waals surface area contributed by atoms with Gasteiger partial charge in [0.25, 0.3) is 0 Å². The highest BCUT2D eigenvalue weighted by molar-refractivity contribution is 5.75. The third-order valence-corrected chi connectivity index (χ3v) is 2.73. The monoisotopic (exact) mass is 246 g/mol. The zero-order chi connectivity index (χ0) is 13.0. The summed E-state index contributed by atoms with van der Waals surface area (Å²) in [7, 11) is 0. The van der Waals surface area contributed by atoms with Crippen LogP contribution in [0.5, 0.6) is 5.75 Å². The summed E-state index contributed by atoms with van der Waals surface area (Å²) in [5.41, 5.74) is 8.67. The van der Waals surface area contributed by atoms with Crippen molar-refractivity contribution in [1.82, 2.24) is 5.16 Å². The fourth-order valence-electron chi connectivity index (χ4n) is 1.94. The van der Waals surface area contributed by atoms with E-state index in [0.717, 1.165) is 35.4 Å². The Balaban J connectivity index is 2.32. The molecule has 0 unspecified atom stereocenters. The van der Waals surface area contributed by atoms with E-state index >= 15 is 0 Å². The third-order valence-electron chi connectivity index (χ3n) is 2.73. The number of benzene rings is 1. The van der Waals surface area contributed by atoms with E-state index in [9.17, 15) is 0 Å². The fraction of sp³-hybridized carbons (Fsp3) is 0.357. The summed E-state index contributed by atoms with van der Waals surface area (Å²) in [6.45, 7) is 4.73. The van der Waals surface area contributed by atoms with Crippen molar-refractivity contribution in [2.24, 2.45) is 0 Å². The first-order valence-electron chi connectivity index (χ1n) is 6.23. The van der Waals surface area contributed by atoms with Crippen molar-refractivity contribution >= 4 is 5.88 Å². The van der Waals surface area contributed by atoms with E-state index in [1.807, 2.05) is 31.2 Å². The number of aryl methyl sites for hydroxylation is 1. The Kier molecular flexibility index (Phi) is 3.87. The maximum atomic E-state index is 5.84. The molecule has 2 N–H and O–H groups in total. The molecule has 4 nitrogen and oxygen atoms in total. The summed E-state index contributed by atoms with van der Waals surface area (Å²) in [5, 5.41) is 4.01. The Hall–Kier alpha value is -1.97. The number of ether oxygens (including phenoxy) is 1. The average molecular weight is 246 g/mol. The van der Waals surface area contributed by atoms with Crippen LogP contribution >= 0.6 is 0 Å². The van der Waals surface area contributed by atoms with Gasteiger partial charge < -0.3 is 15.0 Å². The smallest absolute Gasteiger partial charge is 0.230 e. The molecular weight excluding hydrogens is 228 g/mol. The topological polar surface area (TPSA) is 61.3 Å². The maximum absolute atomic E-state index is 5.84. The molecule has 0 atom stereocenters. The second kappa shape index (κ2) is 5.58. The number of aromatic nitrogens is 1. The predicted octanol–water partition coefficient (Wildman–Crippen LogP) is 3.28. The number of anilines is 1. The van der Waals surface area contributed by atoms with Gasteiger partial charge in [-0.3, -0.25) is 0 Å². The molecule has 0 aliphatic rings. The van der Waals surface area contributed by atoms with Gasteiger partial charge in [0.15, 0.2) is 0 Å². The zero-order valence-corrected chi connectivity index (χ0v) is 10.8. The molecule has 2 aromatic rings. The largest absolute Gasteiger partial charge is 0.494 e. The van der Waals surface area contributed by atoms with E-state index in [1.54, 1.807) is 0 Å². The molecule has 96 valence electrons. The van der Waals surface area contributed by atoms with Crippen LogP contribution in [0.25, 0.3) is 11.1 Å². The summed E-state index contributed by atoms with van der Waals surface area (Å²) in [6, 6.07) is 7.82. The summed E-state index contributed by atoms with van der Waals surface area (Å²) < 4.78 is 10.5. The van der Waals surface area contributed by atoms with Crippen LogP contribution in [0.2, 0.25) is 0 Å². The van der Waals surface area contributed by atoms with Crippen LogP contribution in [0.15, 0.2) is 28.8 Å². The first-order chi connectivity index (χ1) is 8.76. The van der Waals surface area contributed by atoms with E-state index in [-0.39, 0.29) is 0 Å². The van der Waals surface area contributed by atoms with Gasteiger partial charge in [0.2, 0.25) is 5.88 Å². The van der Waals surface area contributed by atoms with Crippen LogP contribution in [0.3, 0.4) is 0 Å². The van der Waals surface area contributed by atoms with Gasteiger partial charge in [-0.2, -0.15) is 0 Å². The van der Waals surface area contributed by atoms with E-state index in [4.69, 9.17) is 15.0 Å². The van der Waals surface area contributed by atoms with Crippen molar-refractivity contribution in [1.29, 1.82) is 0 Å². The molecule has 0 fully saturated rings. The summed E-state index contributed by atoms with van der Waals surface area (Å²) in [5.74, 6) is 1.23. The van der Waals surface area contributed by atoms with Gasteiger partial charge in [-0.25, -0.2) is 0 Å². The van der Waals surface area contributed by atoms with Gasteiger partial charge in [-0.05, 0) is 31.0 Å². The number of nitrogen functional groups attached to an aromatic ring is 1. The minimum Gasteiger partial charge on any atom is -0.494 e. The Bertz CT molecular complexity index is 503. The molecule has 0 amide bonds. The molecule has 0 saturated heterocycles. The van der Waals surface area contributed by atoms with Gasteiger partial charge in [0.05, 0.1) is 17.9 Å². The van der Waals surface area contributed by atoms with Crippen LogP contribution in [0.1, 0.15) is 26.0 Å². The molecule has 1 heterocycles. The van der Waals surface area contributed by atoms with Crippen molar-refractivity contribution in [3.63, 3.8) is 0 Å². The molecule has 0 bridgehead atoms. The molecule has 1 aromatic heterocycles. The lowest BCUT2D eigenvalue weighted by molar-refractivity contribution is 0.340. The zero-order valence-electron chi connectivity index (χ0n) is 10.8. The molecule has 18 heavy (non-hydrogen) atoms. The molecular formula is C14H18N2O2. The summed E-state index contributed by atoms with van der Waals surface area (Å²) in [6.07, 6.45) is 1.87. The molecule has 0 radical (unpaired) electrons. The van der Waals surface area contributed by atoms with E-state index in [0.29, 0.717) is 12.5 Å². The lowest BCUT2D eigenvalue weighted by atomic mass is 10.0. The van der Waals surface area contributed by atoms with Crippen molar-refractivity contribution in [2.45, 2.75) is 26.7 Å². The number of rotatable bonds is 5. The highest BCUT2D eigenvalue weighted by Gasteiger charge is 2.14. The second-order valence-corrected chi connectivity index (χ2v) is 4.08. The predicted molar refractivity (Wildman–Crippen MR) is 71.5 cm³/mol. The Labute approximate surface area is 107 Å². The first kappa shape index (κ1) is 12.5. The van der Waals surface area contributed by atoms with Crippen LogP contribution in [0.4, 0.5) is 5.88 Å². The lowest BCUT2D eigenvalue weighted by Gasteiger charge is -2.05. The third kappa shape index (κ3) is 2.47. The highest BCUT2D eigenvalue weighted by Crippen LogP contribution is 2.31. The first-order valence-corrected chi connectivity index (χ1v) is 6.23. The minimum absolute atomic E-state index is 0.377. The van der Waals surface area contributed by atoms with E-state index < -0.39 is 0 Å². The number of hydrogen-bond donors (Lipinski definition) is 1. The fourth-order valence-corrected chi connectivity index (χ4v) is 1.94. The molecule has 2 rings (SSSR count). The average Bonchev–Trinajstić information content (AvgIpc) is 2.73. The van der Waals surface area contributed by atoms with Crippen molar-refractivity contribution in [3.8, 4) is 16.9 Å². The van der Waals surface area contributed by atoms with Gasteiger partial charge in [0, 0.05) is 0 Å². The van der Waals surface area contributed by atoms with Crippen LogP contribution in [0, 0.1) is 0 Å². The van der Waals surface area contributed by atoms with E-state index in [1.165, 1.54) is 0 Å². The Morgan fingerprint density at radius 2 is 1.94 bits per heavy atom. The normalized spacial score (nSPS) is 10.6. The SMILES string of the molecule is CCCc1noc(N)c1-c1ccc(OCC)cc1. The second-order valence-electron chi connectivity index (χ2n) is 4.08. The quantitative estimate of drug-likeness (QED) is 0.879. The Morgan fingerprint density at radius 3 is 2.56 bits per heavy atom. The van der Waals surface area contributed by atoms with Crippen LogP contribution < -0.4 is 10.5 Å². The van der Waals surface area contributed by atoms with Crippen LogP contribution in [-0.4, -0.2) is 11.8 Å². The minimum atomic E-state index is 0.377. The van der Waals surface area contributed by atoms with Gasteiger partial charge >= 0.3 is 0 Å². The van der Waals surface area contributed by atoms with Crippen LogP contribution in [-0.2, 0) is 6.42 Å². The highest BCUT2D eigenvalue weighted by atomic mass is 16.5. The van der Waals surface area contributed by atoms with E-state index in [2.05, 4.69) is 12.1 Å². The van der Waals surface area contributed by atoms with Gasteiger partial charge in [-0.15, -0.1) is 0 Å². The molecule has 0 spiro atoms.